The molecule has 0 aliphatic rings. The number of nitrogen functional groups attached to an aromatic ring is 1. The monoisotopic (exact) mass is 338 g/mol. The van der Waals surface area contributed by atoms with Crippen molar-refractivity contribution in [2.24, 2.45) is 0 Å². The second-order valence-corrected chi connectivity index (χ2v) is 5.20. The van der Waals surface area contributed by atoms with Gasteiger partial charge in [-0.05, 0) is 30.3 Å². The van der Waals surface area contributed by atoms with Gasteiger partial charge in [0, 0.05) is 5.56 Å². The first kappa shape index (κ1) is 15.4. The van der Waals surface area contributed by atoms with E-state index < -0.39 is 11.7 Å². The molecule has 4 nitrogen and oxygen atoms in total. The summed E-state index contributed by atoms with van der Waals surface area (Å²) in [5, 5.41) is 4.62. The van der Waals surface area contributed by atoms with Gasteiger partial charge in [-0.1, -0.05) is 23.7 Å². The lowest BCUT2D eigenvalue weighted by molar-refractivity contribution is -0.137. The number of alkyl halides is 3. The van der Waals surface area contributed by atoms with Gasteiger partial charge in [0.2, 0.25) is 0 Å². The molecule has 0 saturated carbocycles. The molecular formula is C15H10ClF3N4. The first-order valence-electron chi connectivity index (χ1n) is 6.49. The Morgan fingerprint density at radius 1 is 1.04 bits per heavy atom. The van der Waals surface area contributed by atoms with Crippen LogP contribution in [0.1, 0.15) is 5.56 Å². The number of aromatic nitrogens is 3. The van der Waals surface area contributed by atoms with Gasteiger partial charge in [-0.15, -0.1) is 5.10 Å². The molecule has 0 fully saturated rings. The molecule has 0 unspecified atom stereocenters. The lowest BCUT2D eigenvalue weighted by Crippen LogP contribution is -2.04. The molecule has 0 amide bonds. The molecule has 0 atom stereocenters. The maximum atomic E-state index is 12.6. The highest BCUT2D eigenvalue weighted by molar-refractivity contribution is 6.33. The van der Waals surface area contributed by atoms with Crippen molar-refractivity contribution in [1.82, 2.24) is 14.8 Å². The zero-order chi connectivity index (χ0) is 16.6. The number of halogens is 4. The number of nitrogens with zero attached hydrogens (tertiary/aromatic N) is 3. The minimum absolute atomic E-state index is 0.312. The van der Waals surface area contributed by atoms with Crippen LogP contribution in [-0.2, 0) is 6.18 Å². The molecule has 3 aromatic rings. The molecule has 0 spiro atoms. The van der Waals surface area contributed by atoms with Gasteiger partial charge in [0.25, 0.3) is 0 Å². The lowest BCUT2D eigenvalue weighted by Gasteiger charge is -2.06. The molecule has 23 heavy (non-hydrogen) atoms. The SMILES string of the molecule is Nc1ccc(-n2cnc(-c3ccc(C(F)(F)F)cc3)n2)cc1Cl. The third-order valence-corrected chi connectivity index (χ3v) is 3.54. The Bertz CT molecular complexity index is 841. The van der Waals surface area contributed by atoms with Crippen LogP contribution in [0.15, 0.2) is 48.8 Å². The fourth-order valence-corrected chi connectivity index (χ4v) is 2.16. The highest BCUT2D eigenvalue weighted by Crippen LogP contribution is 2.30. The summed E-state index contributed by atoms with van der Waals surface area (Å²) < 4.78 is 39.2. The summed E-state index contributed by atoms with van der Waals surface area (Å²) in [6, 6.07) is 9.63. The molecular weight excluding hydrogens is 329 g/mol. The summed E-state index contributed by atoms with van der Waals surface area (Å²) in [7, 11) is 0. The Morgan fingerprint density at radius 2 is 1.74 bits per heavy atom. The molecule has 0 bridgehead atoms. The van der Waals surface area contributed by atoms with Crippen molar-refractivity contribution >= 4 is 17.3 Å². The maximum Gasteiger partial charge on any atom is 0.416 e. The highest BCUT2D eigenvalue weighted by Gasteiger charge is 2.30. The summed E-state index contributed by atoms with van der Waals surface area (Å²) in [5.74, 6) is 0.312. The van der Waals surface area contributed by atoms with E-state index >= 15 is 0 Å². The van der Waals surface area contributed by atoms with Crippen molar-refractivity contribution in [2.75, 3.05) is 5.73 Å². The van der Waals surface area contributed by atoms with Gasteiger partial charge in [-0.3, -0.25) is 0 Å². The van der Waals surface area contributed by atoms with Crippen molar-refractivity contribution in [3.63, 3.8) is 0 Å². The number of hydrogen-bond donors (Lipinski definition) is 1. The van der Waals surface area contributed by atoms with E-state index in [1.54, 1.807) is 18.2 Å². The van der Waals surface area contributed by atoms with Crippen LogP contribution >= 0.6 is 11.6 Å². The van der Waals surface area contributed by atoms with Crippen molar-refractivity contribution in [1.29, 1.82) is 0 Å². The first-order valence-corrected chi connectivity index (χ1v) is 6.87. The van der Waals surface area contributed by atoms with E-state index in [4.69, 9.17) is 17.3 Å². The summed E-state index contributed by atoms with van der Waals surface area (Å²) in [4.78, 5) is 4.10. The van der Waals surface area contributed by atoms with Crippen molar-refractivity contribution in [2.45, 2.75) is 6.18 Å². The van der Waals surface area contributed by atoms with Crippen molar-refractivity contribution in [3.05, 3.63) is 59.4 Å². The van der Waals surface area contributed by atoms with Crippen molar-refractivity contribution < 1.29 is 13.2 Å². The minimum Gasteiger partial charge on any atom is -0.398 e. The molecule has 1 heterocycles. The second kappa shape index (κ2) is 5.58. The van der Waals surface area contributed by atoms with Crippen LogP contribution in [0.4, 0.5) is 18.9 Å². The van der Waals surface area contributed by atoms with Gasteiger partial charge in [0.1, 0.15) is 6.33 Å². The molecule has 0 saturated heterocycles. The van der Waals surface area contributed by atoms with Crippen molar-refractivity contribution in [3.8, 4) is 17.1 Å². The smallest absolute Gasteiger partial charge is 0.398 e. The average Bonchev–Trinajstić information content (AvgIpc) is 2.99. The number of nitrogens with two attached hydrogens (primary N) is 1. The Kier molecular flexibility index (Phi) is 3.73. The number of anilines is 1. The fraction of sp³-hybridized carbons (Fsp3) is 0.0667. The van der Waals surface area contributed by atoms with E-state index in [1.807, 2.05) is 0 Å². The fourth-order valence-electron chi connectivity index (χ4n) is 1.99. The standard InChI is InChI=1S/C15H10ClF3N4/c16-12-7-11(5-6-13(12)20)23-8-21-14(22-23)9-1-3-10(4-2-9)15(17,18)19/h1-8H,20H2. The number of rotatable bonds is 2. The highest BCUT2D eigenvalue weighted by atomic mass is 35.5. The van der Waals surface area contributed by atoms with Crippen LogP contribution in [0.3, 0.4) is 0 Å². The van der Waals surface area contributed by atoms with E-state index in [1.165, 1.54) is 23.1 Å². The van der Waals surface area contributed by atoms with Gasteiger partial charge in [-0.2, -0.15) is 13.2 Å². The van der Waals surface area contributed by atoms with Gasteiger partial charge in [0.05, 0.1) is 22.0 Å². The largest absolute Gasteiger partial charge is 0.416 e. The summed E-state index contributed by atoms with van der Waals surface area (Å²) >= 11 is 5.95. The van der Waals surface area contributed by atoms with Crippen LogP contribution < -0.4 is 5.73 Å². The summed E-state index contributed by atoms with van der Waals surface area (Å²) in [5.41, 5.74) is 6.50. The molecule has 0 radical (unpaired) electrons. The molecule has 2 N–H and O–H groups in total. The molecule has 118 valence electrons. The van der Waals surface area contributed by atoms with E-state index in [0.29, 0.717) is 27.8 Å². The van der Waals surface area contributed by atoms with Crippen LogP contribution in [0.2, 0.25) is 5.02 Å². The molecule has 8 heteroatoms. The number of hydrogen-bond acceptors (Lipinski definition) is 3. The van der Waals surface area contributed by atoms with E-state index in [-0.39, 0.29) is 0 Å². The van der Waals surface area contributed by atoms with E-state index in [9.17, 15) is 13.2 Å². The Labute approximate surface area is 134 Å². The molecule has 3 rings (SSSR count). The molecule has 2 aromatic carbocycles. The van der Waals surface area contributed by atoms with Gasteiger partial charge in [-0.25, -0.2) is 9.67 Å². The zero-order valence-electron chi connectivity index (χ0n) is 11.5. The summed E-state index contributed by atoms with van der Waals surface area (Å²) in [6.45, 7) is 0. The quantitative estimate of drug-likeness (QED) is 0.713. The number of benzene rings is 2. The van der Waals surface area contributed by atoms with Crippen LogP contribution in [0.5, 0.6) is 0 Å². The topological polar surface area (TPSA) is 56.7 Å². The Balaban J connectivity index is 1.91. The van der Waals surface area contributed by atoms with Crippen LogP contribution in [0.25, 0.3) is 17.1 Å². The van der Waals surface area contributed by atoms with Gasteiger partial charge < -0.3 is 5.73 Å². The molecule has 0 aliphatic heterocycles. The van der Waals surface area contributed by atoms with Gasteiger partial charge >= 0.3 is 6.18 Å². The Hall–Kier alpha value is -2.54. The zero-order valence-corrected chi connectivity index (χ0v) is 12.3. The predicted molar refractivity (Wildman–Crippen MR) is 81.2 cm³/mol. The van der Waals surface area contributed by atoms with E-state index in [0.717, 1.165) is 12.1 Å². The summed E-state index contributed by atoms with van der Waals surface area (Å²) in [6.07, 6.45) is -2.92. The van der Waals surface area contributed by atoms with Crippen LogP contribution in [-0.4, -0.2) is 14.8 Å². The Morgan fingerprint density at radius 3 is 2.35 bits per heavy atom. The molecule has 1 aromatic heterocycles. The lowest BCUT2D eigenvalue weighted by atomic mass is 10.1. The van der Waals surface area contributed by atoms with Crippen LogP contribution in [0, 0.1) is 0 Å². The van der Waals surface area contributed by atoms with E-state index in [2.05, 4.69) is 10.1 Å². The third kappa shape index (κ3) is 3.14. The maximum absolute atomic E-state index is 12.6. The second-order valence-electron chi connectivity index (χ2n) is 4.79. The molecule has 0 aliphatic carbocycles. The normalized spacial score (nSPS) is 11.7. The average molecular weight is 339 g/mol. The predicted octanol–water partition coefficient (Wildman–Crippen LogP) is 4.19. The third-order valence-electron chi connectivity index (χ3n) is 3.21. The first-order chi connectivity index (χ1) is 10.8. The minimum atomic E-state index is -4.37. The van der Waals surface area contributed by atoms with Gasteiger partial charge in [0.15, 0.2) is 5.82 Å².